The van der Waals surface area contributed by atoms with Crippen molar-refractivity contribution >= 4 is 47.3 Å². The summed E-state index contributed by atoms with van der Waals surface area (Å²) >= 11 is 0. The number of halogens is 1. The van der Waals surface area contributed by atoms with E-state index in [4.69, 9.17) is 0 Å². The van der Waals surface area contributed by atoms with Gasteiger partial charge in [-0.15, -0.1) is 12.4 Å². The first-order valence-electron chi connectivity index (χ1n) is 12.2. The number of anilines is 2. The fourth-order valence-corrected chi connectivity index (χ4v) is 4.05. The van der Waals surface area contributed by atoms with Crippen molar-refractivity contribution in [3.8, 4) is 0 Å². The van der Waals surface area contributed by atoms with Crippen molar-refractivity contribution in [1.82, 2.24) is 10.6 Å². The van der Waals surface area contributed by atoms with Gasteiger partial charge in [0.15, 0.2) is 0 Å². The van der Waals surface area contributed by atoms with Gasteiger partial charge < -0.3 is 21.3 Å². The molecule has 0 unspecified atom stereocenters. The lowest BCUT2D eigenvalue weighted by Crippen LogP contribution is -2.30. The maximum absolute atomic E-state index is 12.7. The van der Waals surface area contributed by atoms with Crippen LogP contribution in [0.2, 0.25) is 0 Å². The van der Waals surface area contributed by atoms with Gasteiger partial charge in [0.25, 0.3) is 11.8 Å². The van der Waals surface area contributed by atoms with Crippen LogP contribution in [-0.2, 0) is 0 Å². The van der Waals surface area contributed by atoms with Gasteiger partial charge in [0, 0.05) is 59.8 Å². The molecule has 3 aromatic rings. The van der Waals surface area contributed by atoms with Crippen LogP contribution in [0, 0.1) is 0 Å². The summed E-state index contributed by atoms with van der Waals surface area (Å²) in [6.07, 6.45) is 2.08. The normalized spacial score (nSPS) is 14.6. The van der Waals surface area contributed by atoms with E-state index in [1.165, 1.54) is 0 Å². The minimum absolute atomic E-state index is 0. The smallest absolute Gasteiger partial charge is 0.255 e. The molecule has 190 valence electrons. The molecule has 37 heavy (non-hydrogen) atoms. The van der Waals surface area contributed by atoms with Crippen LogP contribution in [-0.4, -0.2) is 49.7 Å². The van der Waals surface area contributed by atoms with Crippen molar-refractivity contribution in [3.05, 3.63) is 95.1 Å². The number of hydrogen-bond donors (Lipinski definition) is 4. The molecule has 8 nitrogen and oxygen atoms in total. The molecule has 0 aromatic heterocycles. The molecule has 9 heteroatoms. The van der Waals surface area contributed by atoms with E-state index in [0.717, 1.165) is 61.8 Å². The second-order valence-corrected chi connectivity index (χ2v) is 8.66. The van der Waals surface area contributed by atoms with Gasteiger partial charge in [0.2, 0.25) is 0 Å². The third kappa shape index (κ3) is 6.54. The highest BCUT2D eigenvalue weighted by Gasteiger charge is 2.12. The summed E-state index contributed by atoms with van der Waals surface area (Å²) in [6, 6.07) is 21.8. The minimum Gasteiger partial charge on any atom is -0.370 e. The lowest BCUT2D eigenvalue weighted by Gasteiger charge is -2.15. The van der Waals surface area contributed by atoms with Crippen molar-refractivity contribution in [2.45, 2.75) is 12.8 Å². The lowest BCUT2D eigenvalue weighted by molar-refractivity contribution is 0.102. The van der Waals surface area contributed by atoms with Crippen LogP contribution in [0.4, 0.5) is 11.4 Å². The third-order valence-corrected chi connectivity index (χ3v) is 6.04. The quantitative estimate of drug-likeness (QED) is 0.396. The number of hydrogen-bond acceptors (Lipinski definition) is 6. The Morgan fingerprint density at radius 3 is 1.38 bits per heavy atom. The number of amides is 2. The lowest BCUT2D eigenvalue weighted by atomic mass is 10.1. The van der Waals surface area contributed by atoms with Crippen LogP contribution in [0.15, 0.2) is 82.8 Å². The zero-order valence-electron chi connectivity index (χ0n) is 20.3. The largest absolute Gasteiger partial charge is 0.370 e. The fourth-order valence-electron chi connectivity index (χ4n) is 4.05. The van der Waals surface area contributed by atoms with Gasteiger partial charge in [-0.05, 0) is 73.5 Å². The number of aliphatic imine (C=N–C) groups is 2. The number of rotatable bonds is 6. The first kappa shape index (κ1) is 25.9. The van der Waals surface area contributed by atoms with Gasteiger partial charge in [-0.3, -0.25) is 19.6 Å². The summed E-state index contributed by atoms with van der Waals surface area (Å²) in [4.78, 5) is 34.3. The Bertz CT molecular complexity index is 1300. The van der Waals surface area contributed by atoms with Crippen molar-refractivity contribution < 1.29 is 9.59 Å². The average Bonchev–Trinajstić information content (AvgIpc) is 2.95. The zero-order chi connectivity index (χ0) is 24.7. The highest BCUT2D eigenvalue weighted by atomic mass is 35.5. The molecule has 2 amide bonds. The maximum Gasteiger partial charge on any atom is 0.255 e. The van der Waals surface area contributed by atoms with Crippen LogP contribution < -0.4 is 21.3 Å². The predicted molar refractivity (Wildman–Crippen MR) is 151 cm³/mol. The Morgan fingerprint density at radius 1 is 0.595 bits per heavy atom. The molecule has 3 aromatic carbocycles. The standard InChI is InChI=1S/C28H28N6O2.ClH/c35-27(21-5-3-19(4-6-21)25-29-15-1-16-30-25)34-24-13-9-22(10-14-24)28(36)33-23-11-7-20(8-12-23)26-31-17-2-18-32-26;/h3-14H,1-2,15-18H2,(H,29,30)(H,31,32)(H,33,36)(H,34,35);1H. The van der Waals surface area contributed by atoms with Gasteiger partial charge in [-0.2, -0.15) is 0 Å². The van der Waals surface area contributed by atoms with Gasteiger partial charge in [-0.1, -0.05) is 12.1 Å². The molecule has 2 heterocycles. The van der Waals surface area contributed by atoms with E-state index < -0.39 is 0 Å². The molecule has 0 saturated carbocycles. The summed E-state index contributed by atoms with van der Waals surface area (Å²) in [5, 5.41) is 12.4. The summed E-state index contributed by atoms with van der Waals surface area (Å²) in [7, 11) is 0. The van der Waals surface area contributed by atoms with E-state index in [-0.39, 0.29) is 24.2 Å². The molecule has 0 fully saturated rings. The average molecular weight is 517 g/mol. The molecular formula is C28H29ClN6O2. The number of benzene rings is 3. The number of carbonyl (C=O) groups excluding carboxylic acids is 2. The van der Waals surface area contributed by atoms with Crippen molar-refractivity contribution in [2.24, 2.45) is 9.98 Å². The number of nitrogens with zero attached hydrogens (tertiary/aromatic N) is 2. The predicted octanol–water partition coefficient (Wildman–Crippen LogP) is 4.09. The Morgan fingerprint density at radius 2 is 0.973 bits per heavy atom. The molecular weight excluding hydrogens is 488 g/mol. The Kier molecular flexibility index (Phi) is 8.53. The van der Waals surface area contributed by atoms with Gasteiger partial charge in [0.1, 0.15) is 11.7 Å². The Labute approximate surface area is 222 Å². The van der Waals surface area contributed by atoms with Crippen LogP contribution >= 0.6 is 12.4 Å². The Hall–Kier alpha value is -4.17. The number of nitrogens with one attached hydrogen (secondary N) is 4. The number of amidine groups is 2. The van der Waals surface area contributed by atoms with Crippen molar-refractivity contribution in [3.63, 3.8) is 0 Å². The molecule has 0 bridgehead atoms. The number of carbonyl (C=O) groups is 2. The summed E-state index contributed by atoms with van der Waals surface area (Å²) in [6.45, 7) is 3.49. The van der Waals surface area contributed by atoms with Crippen LogP contribution in [0.1, 0.15) is 44.7 Å². The topological polar surface area (TPSA) is 107 Å². The van der Waals surface area contributed by atoms with Crippen LogP contribution in [0.3, 0.4) is 0 Å². The molecule has 5 rings (SSSR count). The highest BCUT2D eigenvalue weighted by Crippen LogP contribution is 2.16. The van der Waals surface area contributed by atoms with E-state index in [0.29, 0.717) is 22.5 Å². The monoisotopic (exact) mass is 516 g/mol. The van der Waals surface area contributed by atoms with E-state index in [9.17, 15) is 9.59 Å². The first-order valence-corrected chi connectivity index (χ1v) is 12.2. The Balaban J connectivity index is 0.00000320. The summed E-state index contributed by atoms with van der Waals surface area (Å²) in [5.74, 6) is 1.33. The van der Waals surface area contributed by atoms with Gasteiger partial charge in [-0.25, -0.2) is 0 Å². The van der Waals surface area contributed by atoms with Gasteiger partial charge >= 0.3 is 0 Å². The van der Waals surface area contributed by atoms with Crippen molar-refractivity contribution in [1.29, 1.82) is 0 Å². The second-order valence-electron chi connectivity index (χ2n) is 8.66. The van der Waals surface area contributed by atoms with Gasteiger partial charge in [0.05, 0.1) is 0 Å². The highest BCUT2D eigenvalue weighted by molar-refractivity contribution is 6.07. The minimum atomic E-state index is -0.219. The van der Waals surface area contributed by atoms with Crippen LogP contribution in [0.5, 0.6) is 0 Å². The SMILES string of the molecule is Cl.O=C(Nc1ccc(C2=NCCCN2)cc1)c1ccc(NC(=O)c2ccc(C3=NCCCN3)cc2)cc1. The first-order chi connectivity index (χ1) is 17.7. The summed E-state index contributed by atoms with van der Waals surface area (Å²) in [5.41, 5.74) is 4.34. The molecule has 0 atom stereocenters. The zero-order valence-corrected chi connectivity index (χ0v) is 21.1. The molecule has 0 aliphatic carbocycles. The van der Waals surface area contributed by atoms with E-state index in [1.807, 2.05) is 36.4 Å². The third-order valence-electron chi connectivity index (χ3n) is 6.04. The molecule has 2 aliphatic heterocycles. The summed E-state index contributed by atoms with van der Waals surface area (Å²) < 4.78 is 0. The van der Waals surface area contributed by atoms with E-state index >= 15 is 0 Å². The van der Waals surface area contributed by atoms with Crippen molar-refractivity contribution in [2.75, 3.05) is 36.8 Å². The molecule has 0 radical (unpaired) electrons. The van der Waals surface area contributed by atoms with E-state index in [1.54, 1.807) is 36.4 Å². The molecule has 0 spiro atoms. The maximum atomic E-state index is 12.7. The van der Waals surface area contributed by atoms with Crippen LogP contribution in [0.25, 0.3) is 0 Å². The fraction of sp³-hybridized carbons (Fsp3) is 0.214. The second kappa shape index (κ2) is 12.2. The molecule has 0 saturated heterocycles. The molecule has 4 N–H and O–H groups in total. The molecule has 2 aliphatic rings. The van der Waals surface area contributed by atoms with E-state index in [2.05, 4.69) is 31.3 Å².